The van der Waals surface area contributed by atoms with Crippen molar-refractivity contribution in [1.82, 2.24) is 10.6 Å². The van der Waals surface area contributed by atoms with Crippen LogP contribution in [0.25, 0.3) is 0 Å². The van der Waals surface area contributed by atoms with Crippen LogP contribution in [0.2, 0.25) is 0 Å². The molecule has 3 atom stereocenters. The third-order valence-electron chi connectivity index (χ3n) is 3.79. The lowest BCUT2D eigenvalue weighted by Gasteiger charge is -2.28. The second-order valence-electron chi connectivity index (χ2n) is 5.94. The molecule has 3 nitrogen and oxygen atoms in total. The largest absolute Gasteiger partial charge is 0.353 e. The minimum atomic E-state index is -0.229. The molecule has 1 fully saturated rings. The molecule has 2 N–H and O–H groups in total. The summed E-state index contributed by atoms with van der Waals surface area (Å²) in [6, 6.07) is 6.50. The number of hydrogen-bond donors (Lipinski definition) is 2. The molecular weight excluding hydrogens is 255 g/mol. The molecule has 1 saturated heterocycles. The van der Waals surface area contributed by atoms with Gasteiger partial charge < -0.3 is 10.6 Å². The zero-order valence-corrected chi connectivity index (χ0v) is 12.2. The highest BCUT2D eigenvalue weighted by Gasteiger charge is 2.25. The van der Waals surface area contributed by atoms with Gasteiger partial charge in [-0.3, -0.25) is 4.79 Å². The molecule has 1 aromatic carbocycles. The van der Waals surface area contributed by atoms with Crippen LogP contribution in [0.15, 0.2) is 24.3 Å². The molecule has 2 rings (SSSR count). The molecule has 3 unspecified atom stereocenters. The molecule has 0 bridgehead atoms. The van der Waals surface area contributed by atoms with E-state index in [1.807, 2.05) is 6.92 Å². The molecule has 4 heteroatoms. The Morgan fingerprint density at radius 1 is 1.40 bits per heavy atom. The Morgan fingerprint density at radius 2 is 2.10 bits per heavy atom. The molecule has 1 aliphatic rings. The molecule has 1 heterocycles. The summed E-state index contributed by atoms with van der Waals surface area (Å²) in [7, 11) is 0. The second kappa shape index (κ2) is 6.84. The van der Waals surface area contributed by atoms with Crippen LogP contribution >= 0.6 is 0 Å². The summed E-state index contributed by atoms with van der Waals surface area (Å²) in [4.78, 5) is 12.2. The van der Waals surface area contributed by atoms with Gasteiger partial charge in [0.15, 0.2) is 0 Å². The van der Waals surface area contributed by atoms with Crippen LogP contribution in [0.4, 0.5) is 4.39 Å². The van der Waals surface area contributed by atoms with Gasteiger partial charge in [-0.05, 0) is 49.9 Å². The Bertz CT molecular complexity index is 446. The van der Waals surface area contributed by atoms with Gasteiger partial charge in [-0.15, -0.1) is 0 Å². The lowest BCUT2D eigenvalue weighted by atomic mass is 9.91. The van der Waals surface area contributed by atoms with Gasteiger partial charge in [-0.2, -0.15) is 0 Å². The Hall–Kier alpha value is -1.42. The van der Waals surface area contributed by atoms with E-state index in [0.717, 1.165) is 31.5 Å². The minimum absolute atomic E-state index is 0.0604. The van der Waals surface area contributed by atoms with Gasteiger partial charge in [-0.1, -0.05) is 19.1 Å². The highest BCUT2D eigenvalue weighted by Crippen LogP contribution is 2.16. The number of hydrogen-bond acceptors (Lipinski definition) is 2. The summed E-state index contributed by atoms with van der Waals surface area (Å²) in [5.74, 6) is 0.507. The molecule has 0 aromatic heterocycles. The van der Waals surface area contributed by atoms with E-state index in [-0.39, 0.29) is 23.7 Å². The maximum atomic E-state index is 12.8. The first-order chi connectivity index (χ1) is 9.54. The van der Waals surface area contributed by atoms with Gasteiger partial charge in [0.05, 0.1) is 5.92 Å². The highest BCUT2D eigenvalue weighted by molar-refractivity contribution is 5.79. The fourth-order valence-electron chi connectivity index (χ4n) is 2.74. The van der Waals surface area contributed by atoms with Crippen molar-refractivity contribution in [2.24, 2.45) is 11.8 Å². The summed E-state index contributed by atoms with van der Waals surface area (Å²) in [6.07, 6.45) is 1.67. The Morgan fingerprint density at radius 3 is 2.75 bits per heavy atom. The highest BCUT2D eigenvalue weighted by atomic mass is 19.1. The molecule has 0 saturated carbocycles. The van der Waals surface area contributed by atoms with Gasteiger partial charge in [0.2, 0.25) is 5.91 Å². The topological polar surface area (TPSA) is 41.1 Å². The lowest BCUT2D eigenvalue weighted by Crippen LogP contribution is -2.46. The second-order valence-corrected chi connectivity index (χ2v) is 5.94. The number of amides is 1. The molecule has 0 spiro atoms. The van der Waals surface area contributed by atoms with Crippen molar-refractivity contribution in [3.63, 3.8) is 0 Å². The first-order valence-electron chi connectivity index (χ1n) is 7.30. The third-order valence-corrected chi connectivity index (χ3v) is 3.79. The van der Waals surface area contributed by atoms with E-state index in [1.165, 1.54) is 12.1 Å². The first kappa shape index (κ1) is 15.0. The standard InChI is InChI=1S/C16H23FN2O/c1-11-7-14(10-18-9-11)16(20)19-12(2)8-13-3-5-15(17)6-4-13/h3-6,11-12,14,18H,7-10H2,1-2H3,(H,19,20). The van der Waals surface area contributed by atoms with Crippen LogP contribution in [0.3, 0.4) is 0 Å². The monoisotopic (exact) mass is 278 g/mol. The SMILES string of the molecule is CC1CNCC(C(=O)NC(C)Cc2ccc(F)cc2)C1. The van der Waals surface area contributed by atoms with Gasteiger partial charge in [0, 0.05) is 12.6 Å². The van der Waals surface area contributed by atoms with E-state index < -0.39 is 0 Å². The zero-order valence-electron chi connectivity index (χ0n) is 12.2. The fraction of sp³-hybridized carbons (Fsp3) is 0.562. The van der Waals surface area contributed by atoms with Crippen molar-refractivity contribution in [2.45, 2.75) is 32.7 Å². The van der Waals surface area contributed by atoms with E-state index >= 15 is 0 Å². The van der Waals surface area contributed by atoms with E-state index in [0.29, 0.717) is 5.92 Å². The molecule has 0 aliphatic carbocycles. The maximum absolute atomic E-state index is 12.8. The van der Waals surface area contributed by atoms with E-state index in [4.69, 9.17) is 0 Å². The predicted molar refractivity (Wildman–Crippen MR) is 77.8 cm³/mol. The number of piperidine rings is 1. The number of benzene rings is 1. The zero-order chi connectivity index (χ0) is 14.5. The average Bonchev–Trinajstić information content (AvgIpc) is 2.41. The fourth-order valence-corrected chi connectivity index (χ4v) is 2.74. The van der Waals surface area contributed by atoms with Crippen LogP contribution in [-0.4, -0.2) is 25.0 Å². The van der Waals surface area contributed by atoms with E-state index in [9.17, 15) is 9.18 Å². The van der Waals surface area contributed by atoms with Gasteiger partial charge in [-0.25, -0.2) is 4.39 Å². The molecule has 1 aliphatic heterocycles. The van der Waals surface area contributed by atoms with Gasteiger partial charge in [0.25, 0.3) is 0 Å². The third kappa shape index (κ3) is 4.30. The number of nitrogens with one attached hydrogen (secondary N) is 2. The van der Waals surface area contributed by atoms with Gasteiger partial charge >= 0.3 is 0 Å². The Kier molecular flexibility index (Phi) is 5.12. The van der Waals surface area contributed by atoms with E-state index in [2.05, 4.69) is 17.6 Å². The maximum Gasteiger partial charge on any atom is 0.224 e. The molecule has 1 aromatic rings. The number of rotatable bonds is 4. The van der Waals surface area contributed by atoms with Crippen molar-refractivity contribution in [3.05, 3.63) is 35.6 Å². The van der Waals surface area contributed by atoms with E-state index in [1.54, 1.807) is 12.1 Å². The number of halogens is 1. The van der Waals surface area contributed by atoms with Crippen molar-refractivity contribution < 1.29 is 9.18 Å². The number of carbonyl (C=O) groups excluding carboxylic acids is 1. The summed E-state index contributed by atoms with van der Waals surface area (Å²) in [6.45, 7) is 5.91. The first-order valence-corrected chi connectivity index (χ1v) is 7.30. The summed E-state index contributed by atoms with van der Waals surface area (Å²) in [5, 5.41) is 6.35. The van der Waals surface area contributed by atoms with Crippen LogP contribution < -0.4 is 10.6 Å². The molecular formula is C16H23FN2O. The smallest absolute Gasteiger partial charge is 0.224 e. The Balaban J connectivity index is 1.82. The Labute approximate surface area is 120 Å². The van der Waals surface area contributed by atoms with Crippen molar-refractivity contribution in [2.75, 3.05) is 13.1 Å². The summed E-state index contributed by atoms with van der Waals surface area (Å²) < 4.78 is 12.8. The number of carbonyl (C=O) groups is 1. The van der Waals surface area contributed by atoms with Crippen LogP contribution in [0.1, 0.15) is 25.8 Å². The van der Waals surface area contributed by atoms with Crippen LogP contribution in [0, 0.1) is 17.7 Å². The van der Waals surface area contributed by atoms with Gasteiger partial charge in [0.1, 0.15) is 5.82 Å². The van der Waals surface area contributed by atoms with Crippen molar-refractivity contribution in [3.8, 4) is 0 Å². The molecule has 1 amide bonds. The minimum Gasteiger partial charge on any atom is -0.353 e. The molecule has 20 heavy (non-hydrogen) atoms. The quantitative estimate of drug-likeness (QED) is 0.886. The summed E-state index contributed by atoms with van der Waals surface area (Å²) in [5.41, 5.74) is 1.04. The predicted octanol–water partition coefficient (Wildman–Crippen LogP) is 2.12. The average molecular weight is 278 g/mol. The normalized spacial score (nSPS) is 24.1. The van der Waals surface area contributed by atoms with Crippen molar-refractivity contribution in [1.29, 1.82) is 0 Å². The summed E-state index contributed by atoms with van der Waals surface area (Å²) >= 11 is 0. The molecule has 0 radical (unpaired) electrons. The van der Waals surface area contributed by atoms with Crippen molar-refractivity contribution >= 4 is 5.91 Å². The lowest BCUT2D eigenvalue weighted by molar-refractivity contribution is -0.126. The molecule has 110 valence electrons. The van der Waals surface area contributed by atoms with Crippen LogP contribution in [0.5, 0.6) is 0 Å². The van der Waals surface area contributed by atoms with Crippen LogP contribution in [-0.2, 0) is 11.2 Å².